The van der Waals surface area contributed by atoms with Gasteiger partial charge in [0.2, 0.25) is 0 Å². The first-order valence-electron chi connectivity index (χ1n) is 8.89. The highest BCUT2D eigenvalue weighted by molar-refractivity contribution is 6.30. The lowest BCUT2D eigenvalue weighted by atomic mass is 9.96. The van der Waals surface area contributed by atoms with E-state index in [0.29, 0.717) is 0 Å². The van der Waals surface area contributed by atoms with Gasteiger partial charge in [-0.3, -0.25) is 0 Å². The SMILES string of the molecule is CCCc1cc(C(CCC)Nc2ccc(Cl)cc2)c(OC)cc1OC. The molecule has 136 valence electrons. The molecule has 0 saturated carbocycles. The monoisotopic (exact) mass is 361 g/mol. The van der Waals surface area contributed by atoms with Crippen LogP contribution < -0.4 is 14.8 Å². The van der Waals surface area contributed by atoms with Crippen LogP contribution in [0.5, 0.6) is 11.5 Å². The van der Waals surface area contributed by atoms with Crippen molar-refractivity contribution in [2.24, 2.45) is 0 Å². The summed E-state index contributed by atoms with van der Waals surface area (Å²) in [4.78, 5) is 0. The minimum absolute atomic E-state index is 0.169. The molecule has 25 heavy (non-hydrogen) atoms. The average molecular weight is 362 g/mol. The molecule has 0 amide bonds. The molecule has 1 N–H and O–H groups in total. The quantitative estimate of drug-likeness (QED) is 0.571. The molecule has 2 aromatic rings. The molecule has 0 saturated heterocycles. The Morgan fingerprint density at radius 1 is 0.960 bits per heavy atom. The first-order chi connectivity index (χ1) is 12.1. The van der Waals surface area contributed by atoms with Crippen LogP contribution in [-0.4, -0.2) is 14.2 Å². The lowest BCUT2D eigenvalue weighted by Crippen LogP contribution is -2.13. The molecular weight excluding hydrogens is 334 g/mol. The van der Waals surface area contributed by atoms with E-state index in [1.165, 1.54) is 11.1 Å². The number of halogens is 1. The molecule has 0 aliphatic carbocycles. The van der Waals surface area contributed by atoms with Crippen LogP contribution in [0.4, 0.5) is 5.69 Å². The Morgan fingerprint density at radius 2 is 1.64 bits per heavy atom. The molecule has 0 aliphatic rings. The average Bonchev–Trinajstić information content (AvgIpc) is 2.63. The normalized spacial score (nSPS) is 11.9. The summed E-state index contributed by atoms with van der Waals surface area (Å²) >= 11 is 6.00. The predicted molar refractivity (Wildman–Crippen MR) is 106 cm³/mol. The molecule has 0 bridgehead atoms. The summed E-state index contributed by atoms with van der Waals surface area (Å²) in [6.45, 7) is 4.37. The van der Waals surface area contributed by atoms with Gasteiger partial charge in [-0.05, 0) is 48.7 Å². The van der Waals surface area contributed by atoms with Crippen molar-refractivity contribution in [2.75, 3.05) is 19.5 Å². The minimum Gasteiger partial charge on any atom is -0.496 e. The standard InChI is InChI=1S/C21H28ClNO2/c1-5-7-15-13-18(21(25-4)14-20(15)24-3)19(8-6-2)23-17-11-9-16(22)10-12-17/h9-14,19,23H,5-8H2,1-4H3. The van der Waals surface area contributed by atoms with Gasteiger partial charge in [0, 0.05) is 22.3 Å². The van der Waals surface area contributed by atoms with Crippen molar-refractivity contribution in [3.63, 3.8) is 0 Å². The highest BCUT2D eigenvalue weighted by Gasteiger charge is 2.19. The second-order valence-electron chi connectivity index (χ2n) is 6.15. The zero-order valence-corrected chi connectivity index (χ0v) is 16.3. The minimum atomic E-state index is 0.169. The van der Waals surface area contributed by atoms with Crippen molar-refractivity contribution in [1.82, 2.24) is 0 Å². The van der Waals surface area contributed by atoms with Gasteiger partial charge in [0.15, 0.2) is 0 Å². The first kappa shape index (κ1) is 19.5. The van der Waals surface area contributed by atoms with Crippen LogP contribution in [0.1, 0.15) is 50.3 Å². The summed E-state index contributed by atoms with van der Waals surface area (Å²) in [5.41, 5.74) is 3.45. The number of nitrogens with one attached hydrogen (secondary N) is 1. The fourth-order valence-electron chi connectivity index (χ4n) is 3.07. The van der Waals surface area contributed by atoms with Crippen LogP contribution in [-0.2, 0) is 6.42 Å². The van der Waals surface area contributed by atoms with Gasteiger partial charge in [0.05, 0.1) is 20.3 Å². The molecule has 3 nitrogen and oxygen atoms in total. The highest BCUT2D eigenvalue weighted by atomic mass is 35.5. The van der Waals surface area contributed by atoms with Crippen LogP contribution >= 0.6 is 11.6 Å². The van der Waals surface area contributed by atoms with Crippen LogP contribution in [0.3, 0.4) is 0 Å². The molecular formula is C21H28ClNO2. The van der Waals surface area contributed by atoms with E-state index in [1.54, 1.807) is 14.2 Å². The Labute approximate surface area is 156 Å². The molecule has 2 aromatic carbocycles. The third-order valence-electron chi connectivity index (χ3n) is 4.29. The number of hydrogen-bond acceptors (Lipinski definition) is 3. The molecule has 0 aliphatic heterocycles. The Morgan fingerprint density at radius 3 is 2.20 bits per heavy atom. The molecule has 1 unspecified atom stereocenters. The smallest absolute Gasteiger partial charge is 0.127 e. The third kappa shape index (κ3) is 5.05. The number of rotatable bonds is 9. The molecule has 4 heteroatoms. The van der Waals surface area contributed by atoms with Gasteiger partial charge in [-0.1, -0.05) is 38.3 Å². The Hall–Kier alpha value is -1.87. The second-order valence-corrected chi connectivity index (χ2v) is 6.58. The summed E-state index contributed by atoms with van der Waals surface area (Å²) in [6.07, 6.45) is 4.14. The number of aryl methyl sites for hydroxylation is 1. The zero-order chi connectivity index (χ0) is 18.2. The number of ether oxygens (including phenoxy) is 2. The first-order valence-corrected chi connectivity index (χ1v) is 9.27. The maximum absolute atomic E-state index is 6.00. The number of methoxy groups -OCH3 is 2. The van der Waals surface area contributed by atoms with Crippen molar-refractivity contribution in [1.29, 1.82) is 0 Å². The molecule has 0 aromatic heterocycles. The molecule has 0 radical (unpaired) electrons. The van der Waals surface area contributed by atoms with E-state index in [1.807, 2.05) is 30.3 Å². The van der Waals surface area contributed by atoms with Crippen molar-refractivity contribution in [2.45, 2.75) is 45.6 Å². The number of hydrogen-bond donors (Lipinski definition) is 1. The van der Waals surface area contributed by atoms with Crippen molar-refractivity contribution in [3.8, 4) is 11.5 Å². The highest BCUT2D eigenvalue weighted by Crippen LogP contribution is 2.37. The Balaban J connectivity index is 2.40. The molecule has 0 heterocycles. The lowest BCUT2D eigenvalue weighted by molar-refractivity contribution is 0.385. The second kappa shape index (κ2) is 9.57. The van der Waals surface area contributed by atoms with E-state index in [2.05, 4.69) is 25.2 Å². The van der Waals surface area contributed by atoms with Crippen LogP contribution in [0.2, 0.25) is 5.02 Å². The molecule has 1 atom stereocenters. The van der Waals surface area contributed by atoms with Gasteiger partial charge in [0.1, 0.15) is 11.5 Å². The maximum Gasteiger partial charge on any atom is 0.127 e. The van der Waals surface area contributed by atoms with Crippen molar-refractivity contribution in [3.05, 3.63) is 52.5 Å². The van der Waals surface area contributed by atoms with E-state index in [0.717, 1.165) is 47.9 Å². The summed E-state index contributed by atoms with van der Waals surface area (Å²) in [7, 11) is 3.42. The van der Waals surface area contributed by atoms with Gasteiger partial charge < -0.3 is 14.8 Å². The lowest BCUT2D eigenvalue weighted by Gasteiger charge is -2.24. The summed E-state index contributed by atoms with van der Waals surface area (Å²) < 4.78 is 11.2. The predicted octanol–water partition coefficient (Wildman–Crippen LogP) is 6.26. The van der Waals surface area contributed by atoms with Crippen LogP contribution in [0.15, 0.2) is 36.4 Å². The largest absolute Gasteiger partial charge is 0.496 e. The van der Waals surface area contributed by atoms with Crippen molar-refractivity contribution >= 4 is 17.3 Å². The van der Waals surface area contributed by atoms with E-state index in [-0.39, 0.29) is 6.04 Å². The van der Waals surface area contributed by atoms with E-state index in [9.17, 15) is 0 Å². The van der Waals surface area contributed by atoms with Crippen molar-refractivity contribution < 1.29 is 9.47 Å². The van der Waals surface area contributed by atoms with Crippen LogP contribution in [0.25, 0.3) is 0 Å². The van der Waals surface area contributed by atoms with Gasteiger partial charge in [-0.25, -0.2) is 0 Å². The van der Waals surface area contributed by atoms with E-state index in [4.69, 9.17) is 21.1 Å². The molecule has 0 spiro atoms. The van der Waals surface area contributed by atoms with Crippen LogP contribution in [0, 0.1) is 0 Å². The fraction of sp³-hybridized carbons (Fsp3) is 0.429. The Kier molecular flexibility index (Phi) is 7.45. The third-order valence-corrected chi connectivity index (χ3v) is 4.54. The van der Waals surface area contributed by atoms with E-state index >= 15 is 0 Å². The zero-order valence-electron chi connectivity index (χ0n) is 15.6. The Bertz CT molecular complexity index is 670. The van der Waals surface area contributed by atoms with Gasteiger partial charge >= 0.3 is 0 Å². The number of benzene rings is 2. The maximum atomic E-state index is 6.00. The van der Waals surface area contributed by atoms with Gasteiger partial charge in [0.25, 0.3) is 0 Å². The topological polar surface area (TPSA) is 30.5 Å². The molecule has 2 rings (SSSR count). The fourth-order valence-corrected chi connectivity index (χ4v) is 3.20. The summed E-state index contributed by atoms with van der Waals surface area (Å²) in [5, 5.41) is 4.37. The number of anilines is 1. The summed E-state index contributed by atoms with van der Waals surface area (Å²) in [5.74, 6) is 1.75. The summed E-state index contributed by atoms with van der Waals surface area (Å²) in [6, 6.07) is 12.2. The molecule has 0 fully saturated rings. The van der Waals surface area contributed by atoms with Gasteiger partial charge in [-0.2, -0.15) is 0 Å². The van der Waals surface area contributed by atoms with E-state index < -0.39 is 0 Å². The van der Waals surface area contributed by atoms with Gasteiger partial charge in [-0.15, -0.1) is 0 Å².